The van der Waals surface area contributed by atoms with Gasteiger partial charge in [-0.3, -0.25) is 0 Å². The van der Waals surface area contributed by atoms with Gasteiger partial charge in [-0.25, -0.2) is 25.4 Å². The summed E-state index contributed by atoms with van der Waals surface area (Å²) in [5.74, 6) is 0. The lowest BCUT2D eigenvalue weighted by molar-refractivity contribution is -0.610. The van der Waals surface area contributed by atoms with Crippen molar-refractivity contribution in [1.29, 1.82) is 0 Å². The van der Waals surface area contributed by atoms with Gasteiger partial charge in [-0.1, -0.05) is 18.9 Å². The monoisotopic (exact) mass is 598 g/mol. The van der Waals surface area contributed by atoms with Gasteiger partial charge in [0.1, 0.15) is 33.3 Å². The van der Waals surface area contributed by atoms with E-state index in [9.17, 15) is 14.4 Å². The van der Waals surface area contributed by atoms with Crippen LogP contribution in [-0.2, 0) is 33.6 Å². The number of nitrogens with zero attached hydrogens (tertiary/aromatic N) is 3. The van der Waals surface area contributed by atoms with Gasteiger partial charge in [0, 0.05) is 38.8 Å². The molecule has 42 heavy (non-hydrogen) atoms. The molecule has 1 amide bonds. The first kappa shape index (κ1) is 35.7. The first-order chi connectivity index (χ1) is 20.7. The topological polar surface area (TPSA) is 143 Å². The maximum Gasteiger partial charge on any atom is 0.426 e. The summed E-state index contributed by atoms with van der Waals surface area (Å²) < 4.78 is 20.2. The highest BCUT2D eigenvalue weighted by molar-refractivity contribution is 5.66. The van der Waals surface area contributed by atoms with Crippen molar-refractivity contribution in [2.24, 2.45) is 0 Å². The molecule has 2 unspecified atom stereocenters. The number of hydrazine groups is 2. The molecule has 0 aromatic carbocycles. The first-order valence-corrected chi connectivity index (χ1v) is 15.2. The Bertz CT molecular complexity index is 819. The number of carbonyl (C=O) groups is 1. The highest BCUT2D eigenvalue weighted by atomic mass is 17.2. The Morgan fingerprint density at radius 3 is 2.05 bits per heavy atom. The summed E-state index contributed by atoms with van der Waals surface area (Å²) in [6, 6.07) is 0. The van der Waals surface area contributed by atoms with E-state index in [4.69, 9.17) is 24.0 Å². The number of rotatable bonds is 21. The number of hydrogen-bond donors (Lipinski definition) is 3. The smallest absolute Gasteiger partial charge is 0.426 e. The van der Waals surface area contributed by atoms with Gasteiger partial charge in [-0.2, -0.15) is 14.7 Å². The predicted molar refractivity (Wildman–Crippen MR) is 151 cm³/mol. The Morgan fingerprint density at radius 2 is 1.45 bits per heavy atom. The molecule has 0 aromatic heterocycles. The SMILES string of the molecule is C=CCOOCCOC(=O)NCCCCCCN(NCOC1CCCCC[N+]1=C=O)NCOC1CCCCC[N+]1=C=O. The van der Waals surface area contributed by atoms with E-state index in [0.29, 0.717) is 26.2 Å². The summed E-state index contributed by atoms with van der Waals surface area (Å²) in [4.78, 5) is 44.0. The van der Waals surface area contributed by atoms with Gasteiger partial charge in [0.2, 0.25) is 0 Å². The number of nitrogens with one attached hydrogen (secondary N) is 3. The van der Waals surface area contributed by atoms with Crippen molar-refractivity contribution >= 4 is 18.3 Å². The Morgan fingerprint density at radius 1 is 0.833 bits per heavy atom. The third-order valence-corrected chi connectivity index (χ3v) is 6.94. The third-order valence-electron chi connectivity index (χ3n) is 6.94. The lowest BCUT2D eigenvalue weighted by atomic mass is 10.2. The number of isocyanates is 2. The van der Waals surface area contributed by atoms with Crippen LogP contribution in [0.15, 0.2) is 12.7 Å². The molecule has 0 bridgehead atoms. The second kappa shape index (κ2) is 24.0. The highest BCUT2D eigenvalue weighted by Gasteiger charge is 2.26. The normalized spacial score (nSPS) is 19.5. The molecule has 2 saturated heterocycles. The summed E-state index contributed by atoms with van der Waals surface area (Å²) in [7, 11) is 0. The zero-order valence-electron chi connectivity index (χ0n) is 24.9. The quantitative estimate of drug-likeness (QED) is 0.0340. The van der Waals surface area contributed by atoms with Crippen molar-refractivity contribution in [2.45, 2.75) is 89.5 Å². The van der Waals surface area contributed by atoms with Crippen molar-refractivity contribution in [2.75, 3.05) is 59.5 Å². The fourth-order valence-corrected chi connectivity index (χ4v) is 4.66. The van der Waals surface area contributed by atoms with Gasteiger partial charge >= 0.3 is 18.3 Å². The summed E-state index contributed by atoms with van der Waals surface area (Å²) in [5.41, 5.74) is 6.47. The molecule has 238 valence electrons. The molecule has 2 fully saturated rings. The van der Waals surface area contributed by atoms with E-state index in [-0.39, 0.29) is 45.7 Å². The van der Waals surface area contributed by atoms with E-state index in [0.717, 1.165) is 77.0 Å². The molecular weight excluding hydrogens is 548 g/mol. The van der Waals surface area contributed by atoms with Gasteiger partial charge in [0.25, 0.3) is 12.5 Å². The molecule has 0 spiro atoms. The highest BCUT2D eigenvalue weighted by Crippen LogP contribution is 2.14. The standard InChI is InChI=1S/C28H49N6O8/c1-2-19-41-42-21-20-38-28(37)29-15-9-3-4-12-18-34(30-22-39-26-13-7-5-10-16-32(26)24-35)31-23-40-27-14-8-6-11-17-33(27)25-36/h2,26-27,30-31H,1,3-23H2/q+1/p+1. The van der Waals surface area contributed by atoms with Gasteiger partial charge in [-0.15, -0.1) is 15.7 Å². The van der Waals surface area contributed by atoms with Gasteiger partial charge < -0.3 is 19.5 Å². The molecular formula is C28H50N6O8+2. The second-order valence-corrected chi connectivity index (χ2v) is 10.1. The molecule has 14 nitrogen and oxygen atoms in total. The minimum absolute atomic E-state index is 0.102. The zero-order chi connectivity index (χ0) is 30.1. The second-order valence-electron chi connectivity index (χ2n) is 10.1. The summed E-state index contributed by atoms with van der Waals surface area (Å²) in [6.07, 6.45) is 15.7. The molecule has 2 aliphatic heterocycles. The van der Waals surface area contributed by atoms with Crippen LogP contribution in [0.2, 0.25) is 0 Å². The lowest BCUT2D eigenvalue weighted by Crippen LogP contribution is -2.51. The third kappa shape index (κ3) is 16.2. The average molecular weight is 599 g/mol. The minimum atomic E-state index is -0.485. The van der Waals surface area contributed by atoms with Crippen LogP contribution in [0.25, 0.3) is 0 Å². The predicted octanol–water partition coefficient (Wildman–Crippen LogP) is 2.16. The first-order valence-electron chi connectivity index (χ1n) is 15.2. The Balaban J connectivity index is 1.68. The van der Waals surface area contributed by atoms with Crippen LogP contribution >= 0.6 is 0 Å². The van der Waals surface area contributed by atoms with E-state index in [1.807, 2.05) is 17.3 Å². The molecule has 3 N–H and O–H groups in total. The van der Waals surface area contributed by atoms with Crippen molar-refractivity contribution in [3.8, 4) is 0 Å². The van der Waals surface area contributed by atoms with Crippen molar-refractivity contribution < 1.29 is 47.5 Å². The number of amides is 1. The molecule has 0 radical (unpaired) electrons. The molecule has 2 atom stereocenters. The van der Waals surface area contributed by atoms with Crippen LogP contribution in [0.3, 0.4) is 0 Å². The largest absolute Gasteiger partial charge is 0.447 e. The fourth-order valence-electron chi connectivity index (χ4n) is 4.66. The minimum Gasteiger partial charge on any atom is -0.447 e. The Hall–Kier alpha value is -2.51. The van der Waals surface area contributed by atoms with Gasteiger partial charge in [0.15, 0.2) is 13.1 Å². The van der Waals surface area contributed by atoms with E-state index in [1.165, 1.54) is 0 Å². The molecule has 0 aromatic rings. The summed E-state index contributed by atoms with van der Waals surface area (Å²) in [5, 5.41) is 4.55. The fraction of sp³-hybridized carbons (Fsp3) is 0.821. The van der Waals surface area contributed by atoms with Crippen LogP contribution in [-0.4, -0.2) is 104 Å². The molecule has 2 aliphatic rings. The maximum absolute atomic E-state index is 11.7. The van der Waals surface area contributed by atoms with Crippen LogP contribution < -0.4 is 16.2 Å². The number of carbonyl (C=O) groups excluding carboxylic acids is 3. The number of unbranched alkanes of at least 4 members (excludes halogenated alkanes) is 3. The number of hydrogen-bond acceptors (Lipinski definition) is 11. The lowest BCUT2D eigenvalue weighted by Gasteiger charge is -2.25. The average Bonchev–Trinajstić information content (AvgIpc) is 3.38. The van der Waals surface area contributed by atoms with E-state index in [2.05, 4.69) is 22.7 Å². The van der Waals surface area contributed by atoms with Crippen molar-refractivity contribution in [3.63, 3.8) is 0 Å². The van der Waals surface area contributed by atoms with Crippen molar-refractivity contribution in [1.82, 2.24) is 21.3 Å². The van der Waals surface area contributed by atoms with Gasteiger partial charge in [-0.05, 0) is 38.5 Å². The Kier molecular flexibility index (Phi) is 20.4. The van der Waals surface area contributed by atoms with Crippen LogP contribution in [0.5, 0.6) is 0 Å². The van der Waals surface area contributed by atoms with E-state index in [1.54, 1.807) is 15.2 Å². The molecule has 14 heteroatoms. The van der Waals surface area contributed by atoms with Crippen LogP contribution in [0.1, 0.15) is 77.0 Å². The maximum atomic E-state index is 11.7. The van der Waals surface area contributed by atoms with E-state index < -0.39 is 6.09 Å². The summed E-state index contributed by atoms with van der Waals surface area (Å²) in [6.45, 7) is 6.95. The van der Waals surface area contributed by atoms with Gasteiger partial charge in [0.05, 0.1) is 0 Å². The number of ether oxygens (including phenoxy) is 3. The zero-order valence-corrected chi connectivity index (χ0v) is 24.9. The molecule has 0 aliphatic carbocycles. The molecule has 2 rings (SSSR count). The number of alkyl carbamates (subject to hydrolysis) is 1. The summed E-state index contributed by atoms with van der Waals surface area (Å²) >= 11 is 0. The van der Waals surface area contributed by atoms with E-state index >= 15 is 0 Å². The Labute approximate surface area is 248 Å². The van der Waals surface area contributed by atoms with Crippen LogP contribution in [0.4, 0.5) is 4.79 Å². The van der Waals surface area contributed by atoms with Crippen molar-refractivity contribution in [3.05, 3.63) is 12.7 Å². The molecule has 0 saturated carbocycles. The van der Waals surface area contributed by atoms with Crippen LogP contribution in [0, 0.1) is 0 Å². The molecule has 2 heterocycles.